The number of nitrogens with two attached hydrogens (primary N) is 1. The van der Waals surface area contributed by atoms with E-state index in [-0.39, 0.29) is 5.88 Å². The third-order valence-corrected chi connectivity index (χ3v) is 1.39. The van der Waals surface area contributed by atoms with Crippen LogP contribution in [-0.4, -0.2) is 5.16 Å². The highest BCUT2D eigenvalue weighted by Crippen LogP contribution is 2.15. The summed E-state index contributed by atoms with van der Waals surface area (Å²) in [6.45, 7) is 2.01. The summed E-state index contributed by atoms with van der Waals surface area (Å²) < 4.78 is 4.64. The van der Waals surface area contributed by atoms with E-state index in [4.69, 9.17) is 11.0 Å². The van der Waals surface area contributed by atoms with Gasteiger partial charge in [-0.15, -0.1) is 0 Å². The lowest BCUT2D eigenvalue weighted by molar-refractivity contribution is 0.427. The average Bonchev–Trinajstić information content (AvgIpc) is 2.33. The Morgan fingerprint density at radius 3 is 3.00 bits per heavy atom. The van der Waals surface area contributed by atoms with Gasteiger partial charge in [0.2, 0.25) is 5.88 Å². The van der Waals surface area contributed by atoms with E-state index in [1.165, 1.54) is 0 Å². The maximum Gasteiger partial charge on any atom is 0.240 e. The van der Waals surface area contributed by atoms with Gasteiger partial charge in [0, 0.05) is 0 Å². The molecule has 0 fully saturated rings. The number of anilines is 1. The van der Waals surface area contributed by atoms with Crippen molar-refractivity contribution in [1.82, 2.24) is 5.16 Å². The number of aryl methyl sites for hydroxylation is 1. The van der Waals surface area contributed by atoms with Gasteiger partial charge < -0.3 is 10.3 Å². The summed E-state index contributed by atoms with van der Waals surface area (Å²) in [5, 5.41) is 12.2. The van der Waals surface area contributed by atoms with Crippen LogP contribution in [0.1, 0.15) is 24.6 Å². The molecule has 58 valence electrons. The smallest absolute Gasteiger partial charge is 0.240 e. The van der Waals surface area contributed by atoms with Gasteiger partial charge in [0.1, 0.15) is 17.3 Å². The second-order valence-corrected chi connectivity index (χ2v) is 2.23. The van der Waals surface area contributed by atoms with Crippen LogP contribution >= 0.6 is 0 Å². The maximum atomic E-state index is 8.58. The Bertz CT molecular complexity index is 284. The average molecular weight is 151 g/mol. The monoisotopic (exact) mass is 151 g/mol. The van der Waals surface area contributed by atoms with Crippen molar-refractivity contribution in [3.63, 3.8) is 0 Å². The number of nitrogen functional groups attached to an aromatic ring is 1. The normalized spacial score (nSPS) is 9.45. The number of nitriles is 1. The molecule has 0 aromatic carbocycles. The highest BCUT2D eigenvalue weighted by Gasteiger charge is 2.10. The molecule has 0 saturated carbocycles. The van der Waals surface area contributed by atoms with Crippen molar-refractivity contribution in [1.29, 1.82) is 5.26 Å². The molecule has 0 radical (unpaired) electrons. The maximum absolute atomic E-state index is 8.58. The van der Waals surface area contributed by atoms with Crippen molar-refractivity contribution in [2.45, 2.75) is 19.8 Å². The van der Waals surface area contributed by atoms with E-state index in [9.17, 15) is 0 Å². The van der Waals surface area contributed by atoms with E-state index in [0.29, 0.717) is 11.3 Å². The zero-order valence-electron chi connectivity index (χ0n) is 6.29. The lowest BCUT2D eigenvalue weighted by Gasteiger charge is -1.87. The van der Waals surface area contributed by atoms with E-state index in [1.807, 2.05) is 13.0 Å². The minimum Gasteiger partial charge on any atom is -0.366 e. The molecule has 0 atom stereocenters. The SMILES string of the molecule is CCCc1noc(N)c1C#N. The number of hydrogen-bond donors (Lipinski definition) is 1. The summed E-state index contributed by atoms with van der Waals surface area (Å²) in [6.07, 6.45) is 1.67. The lowest BCUT2D eigenvalue weighted by Crippen LogP contribution is -1.89. The summed E-state index contributed by atoms with van der Waals surface area (Å²) in [7, 11) is 0. The minimum absolute atomic E-state index is 0.121. The van der Waals surface area contributed by atoms with Crippen LogP contribution in [0.4, 0.5) is 5.88 Å². The van der Waals surface area contributed by atoms with Crippen LogP contribution in [0.25, 0.3) is 0 Å². The predicted molar refractivity (Wildman–Crippen MR) is 39.6 cm³/mol. The molecule has 11 heavy (non-hydrogen) atoms. The molecule has 0 bridgehead atoms. The molecule has 1 aromatic heterocycles. The molecule has 0 aliphatic heterocycles. The zero-order valence-corrected chi connectivity index (χ0v) is 6.29. The van der Waals surface area contributed by atoms with Gasteiger partial charge in [0.05, 0.1) is 0 Å². The largest absolute Gasteiger partial charge is 0.366 e. The topological polar surface area (TPSA) is 75.8 Å². The Morgan fingerprint density at radius 2 is 2.45 bits per heavy atom. The van der Waals surface area contributed by atoms with Crippen LogP contribution in [0.5, 0.6) is 0 Å². The summed E-state index contributed by atoms with van der Waals surface area (Å²) in [6, 6.07) is 1.95. The van der Waals surface area contributed by atoms with Crippen LogP contribution in [0.2, 0.25) is 0 Å². The first-order valence-electron chi connectivity index (χ1n) is 3.43. The fraction of sp³-hybridized carbons (Fsp3) is 0.429. The number of rotatable bonds is 2. The summed E-state index contributed by atoms with van der Waals surface area (Å²) in [4.78, 5) is 0. The lowest BCUT2D eigenvalue weighted by atomic mass is 10.2. The van der Waals surface area contributed by atoms with Crippen LogP contribution in [0.15, 0.2) is 4.52 Å². The molecule has 1 heterocycles. The van der Waals surface area contributed by atoms with Gasteiger partial charge >= 0.3 is 0 Å². The predicted octanol–water partition coefficient (Wildman–Crippen LogP) is 1.08. The molecule has 0 spiro atoms. The highest BCUT2D eigenvalue weighted by atomic mass is 16.5. The van der Waals surface area contributed by atoms with E-state index in [2.05, 4.69) is 9.68 Å². The number of nitrogens with zero attached hydrogens (tertiary/aromatic N) is 2. The van der Waals surface area contributed by atoms with E-state index in [0.717, 1.165) is 12.8 Å². The van der Waals surface area contributed by atoms with Gasteiger partial charge in [-0.2, -0.15) is 5.26 Å². The van der Waals surface area contributed by atoms with Gasteiger partial charge in [-0.1, -0.05) is 18.5 Å². The number of hydrogen-bond acceptors (Lipinski definition) is 4. The second-order valence-electron chi connectivity index (χ2n) is 2.23. The summed E-state index contributed by atoms with van der Waals surface area (Å²) in [5.74, 6) is 0.121. The first kappa shape index (κ1) is 7.61. The zero-order chi connectivity index (χ0) is 8.27. The van der Waals surface area contributed by atoms with Crippen molar-refractivity contribution in [2.24, 2.45) is 0 Å². The van der Waals surface area contributed by atoms with Gasteiger partial charge in [0.25, 0.3) is 0 Å². The van der Waals surface area contributed by atoms with Gasteiger partial charge in [-0.3, -0.25) is 0 Å². The van der Waals surface area contributed by atoms with Crippen molar-refractivity contribution < 1.29 is 4.52 Å². The quantitative estimate of drug-likeness (QED) is 0.686. The molecule has 4 heteroatoms. The van der Waals surface area contributed by atoms with E-state index in [1.54, 1.807) is 0 Å². The fourth-order valence-electron chi connectivity index (χ4n) is 0.865. The first-order chi connectivity index (χ1) is 5.29. The number of aromatic nitrogens is 1. The Balaban J connectivity index is 2.98. The molecule has 1 rings (SSSR count). The molecule has 4 nitrogen and oxygen atoms in total. The molecule has 1 aromatic rings. The Labute approximate surface area is 64.6 Å². The van der Waals surface area contributed by atoms with Crippen molar-refractivity contribution >= 4 is 5.88 Å². The molecule has 0 unspecified atom stereocenters. The van der Waals surface area contributed by atoms with E-state index < -0.39 is 0 Å². The van der Waals surface area contributed by atoms with Crippen LogP contribution in [-0.2, 0) is 6.42 Å². The third-order valence-electron chi connectivity index (χ3n) is 1.39. The highest BCUT2D eigenvalue weighted by molar-refractivity contribution is 5.48. The Kier molecular flexibility index (Phi) is 2.12. The van der Waals surface area contributed by atoms with Gasteiger partial charge in [-0.25, -0.2) is 0 Å². The van der Waals surface area contributed by atoms with Gasteiger partial charge in [-0.05, 0) is 6.42 Å². The van der Waals surface area contributed by atoms with Crippen molar-refractivity contribution in [2.75, 3.05) is 5.73 Å². The second kappa shape index (κ2) is 3.06. The molecular weight excluding hydrogens is 142 g/mol. The first-order valence-corrected chi connectivity index (χ1v) is 3.43. The van der Waals surface area contributed by atoms with Crippen LogP contribution in [0, 0.1) is 11.3 Å². The molecule has 0 amide bonds. The summed E-state index contributed by atoms with van der Waals surface area (Å²) in [5.41, 5.74) is 6.37. The van der Waals surface area contributed by atoms with Crippen molar-refractivity contribution in [3.8, 4) is 6.07 Å². The van der Waals surface area contributed by atoms with E-state index >= 15 is 0 Å². The Morgan fingerprint density at radius 1 is 1.73 bits per heavy atom. The molecule has 2 N–H and O–H groups in total. The molecule has 0 aliphatic rings. The fourth-order valence-corrected chi connectivity index (χ4v) is 0.865. The van der Waals surface area contributed by atoms with Crippen LogP contribution < -0.4 is 5.73 Å². The van der Waals surface area contributed by atoms with Crippen molar-refractivity contribution in [3.05, 3.63) is 11.3 Å². The molecule has 0 aliphatic carbocycles. The molecular formula is C7H9N3O. The third kappa shape index (κ3) is 1.32. The Hall–Kier alpha value is -1.50. The standard InChI is InChI=1S/C7H9N3O/c1-2-3-6-5(4-8)7(9)11-10-6/h2-3,9H2,1H3. The minimum atomic E-state index is 0.121. The summed E-state index contributed by atoms with van der Waals surface area (Å²) >= 11 is 0. The van der Waals surface area contributed by atoms with Gasteiger partial charge in [0.15, 0.2) is 0 Å². The molecule has 0 saturated heterocycles. The van der Waals surface area contributed by atoms with Crippen LogP contribution in [0.3, 0.4) is 0 Å².